The Morgan fingerprint density at radius 2 is 2.11 bits per heavy atom. The van der Waals surface area contributed by atoms with Crippen molar-refractivity contribution < 1.29 is 9.59 Å². The molecule has 0 aromatic heterocycles. The molecule has 2 rings (SSSR count). The fourth-order valence-corrected chi connectivity index (χ4v) is 4.18. The van der Waals surface area contributed by atoms with Crippen molar-refractivity contribution in [3.63, 3.8) is 0 Å². The van der Waals surface area contributed by atoms with E-state index in [1.54, 1.807) is 0 Å². The Morgan fingerprint density at radius 1 is 1.37 bits per heavy atom. The average molecular weight is 284 g/mol. The van der Waals surface area contributed by atoms with Crippen molar-refractivity contribution in [1.29, 1.82) is 0 Å². The number of carbonyl (C=O) groups excluding carboxylic acids is 2. The third kappa shape index (κ3) is 3.07. The molecule has 108 valence electrons. The average Bonchev–Trinajstić information content (AvgIpc) is 2.76. The third-order valence-corrected chi connectivity index (χ3v) is 5.84. The van der Waals surface area contributed by atoms with Crippen LogP contribution in [0, 0.1) is 0 Å². The van der Waals surface area contributed by atoms with Gasteiger partial charge in [0.05, 0.1) is 0 Å². The highest BCUT2D eigenvalue weighted by molar-refractivity contribution is 8.00. The van der Waals surface area contributed by atoms with Gasteiger partial charge in [0.15, 0.2) is 0 Å². The summed E-state index contributed by atoms with van der Waals surface area (Å²) in [5, 5.41) is 2.89. The van der Waals surface area contributed by atoms with Gasteiger partial charge < -0.3 is 10.2 Å². The van der Waals surface area contributed by atoms with Crippen molar-refractivity contribution in [3.8, 4) is 0 Å². The molecule has 0 spiro atoms. The van der Waals surface area contributed by atoms with Crippen LogP contribution >= 0.6 is 11.8 Å². The Hall–Kier alpha value is -0.710. The van der Waals surface area contributed by atoms with Crippen molar-refractivity contribution in [3.05, 3.63) is 0 Å². The van der Waals surface area contributed by atoms with Crippen molar-refractivity contribution in [1.82, 2.24) is 10.2 Å². The Labute approximate surface area is 119 Å². The third-order valence-electron chi connectivity index (χ3n) is 4.32. The lowest BCUT2D eigenvalue weighted by molar-refractivity contribution is -0.138. The van der Waals surface area contributed by atoms with E-state index in [4.69, 9.17) is 0 Å². The molecule has 19 heavy (non-hydrogen) atoms. The largest absolute Gasteiger partial charge is 0.342 e. The van der Waals surface area contributed by atoms with Crippen molar-refractivity contribution in [2.45, 2.75) is 56.7 Å². The molecule has 0 aliphatic carbocycles. The second kappa shape index (κ2) is 5.35. The van der Waals surface area contributed by atoms with Crippen molar-refractivity contribution in [2.24, 2.45) is 0 Å². The van der Waals surface area contributed by atoms with Crippen LogP contribution in [0.15, 0.2) is 0 Å². The lowest BCUT2D eigenvalue weighted by Gasteiger charge is -2.35. The molecule has 0 aromatic rings. The number of thioether (sulfide) groups is 1. The topological polar surface area (TPSA) is 49.4 Å². The molecule has 1 N–H and O–H groups in total. The van der Waals surface area contributed by atoms with Gasteiger partial charge in [-0.2, -0.15) is 11.8 Å². The molecule has 0 radical (unpaired) electrons. The van der Waals surface area contributed by atoms with Gasteiger partial charge in [-0.15, -0.1) is 0 Å². The number of hydrogen-bond donors (Lipinski definition) is 1. The number of nitrogens with zero attached hydrogens (tertiary/aromatic N) is 1. The quantitative estimate of drug-likeness (QED) is 0.859. The number of nitrogens with one attached hydrogen (secondary N) is 1. The van der Waals surface area contributed by atoms with E-state index in [0.29, 0.717) is 19.4 Å². The molecule has 4 nitrogen and oxygen atoms in total. The molecule has 5 heteroatoms. The van der Waals surface area contributed by atoms with Gasteiger partial charge in [0, 0.05) is 24.3 Å². The van der Waals surface area contributed by atoms with Crippen LogP contribution in [-0.4, -0.2) is 45.8 Å². The maximum atomic E-state index is 12.7. The lowest BCUT2D eigenvalue weighted by Crippen LogP contribution is -2.56. The van der Waals surface area contributed by atoms with Crippen LogP contribution in [0.4, 0.5) is 0 Å². The summed E-state index contributed by atoms with van der Waals surface area (Å²) >= 11 is 1.96. The first kappa shape index (κ1) is 14.7. The van der Waals surface area contributed by atoms with Gasteiger partial charge in [0.2, 0.25) is 11.8 Å². The molecule has 2 unspecified atom stereocenters. The van der Waals surface area contributed by atoms with E-state index in [9.17, 15) is 9.59 Å². The van der Waals surface area contributed by atoms with E-state index in [1.807, 2.05) is 30.5 Å². The van der Waals surface area contributed by atoms with E-state index in [1.165, 1.54) is 12.2 Å². The monoisotopic (exact) mass is 284 g/mol. The van der Waals surface area contributed by atoms with Gasteiger partial charge in [-0.3, -0.25) is 9.59 Å². The molecular formula is C14H24N2O2S. The minimum atomic E-state index is -0.729. The predicted molar refractivity (Wildman–Crippen MR) is 78.1 cm³/mol. The van der Waals surface area contributed by atoms with Crippen LogP contribution in [0.2, 0.25) is 0 Å². The van der Waals surface area contributed by atoms with Crippen LogP contribution in [-0.2, 0) is 9.59 Å². The highest BCUT2D eigenvalue weighted by atomic mass is 32.2. The number of hydrogen-bond acceptors (Lipinski definition) is 3. The fraction of sp³-hybridized carbons (Fsp3) is 0.857. The van der Waals surface area contributed by atoms with Crippen LogP contribution in [0.1, 0.15) is 46.5 Å². The standard InChI is InChI=1S/C14H24N2O2S/c1-4-14(3)12(18)16(8-6-11(17)15-14)10-13(2)7-5-9-19-13/h4-10H2,1-3H3,(H,15,17). The molecule has 2 aliphatic heterocycles. The zero-order valence-electron chi connectivity index (χ0n) is 12.1. The van der Waals surface area contributed by atoms with E-state index < -0.39 is 5.54 Å². The summed E-state index contributed by atoms with van der Waals surface area (Å²) in [4.78, 5) is 26.3. The number of amides is 2. The summed E-state index contributed by atoms with van der Waals surface area (Å²) in [5.41, 5.74) is -0.729. The minimum absolute atomic E-state index is 0.00979. The maximum Gasteiger partial charge on any atom is 0.248 e. The van der Waals surface area contributed by atoms with Crippen LogP contribution in [0.25, 0.3) is 0 Å². The highest BCUT2D eigenvalue weighted by Crippen LogP contribution is 2.38. The number of carbonyl (C=O) groups is 2. The lowest BCUT2D eigenvalue weighted by atomic mass is 9.96. The van der Waals surface area contributed by atoms with E-state index in [2.05, 4.69) is 12.2 Å². The molecule has 2 heterocycles. The molecular weight excluding hydrogens is 260 g/mol. The molecule has 2 amide bonds. The molecule has 2 aliphatic rings. The van der Waals surface area contributed by atoms with Gasteiger partial charge in [0.1, 0.15) is 5.54 Å². The minimum Gasteiger partial charge on any atom is -0.342 e. The first-order valence-corrected chi connectivity index (χ1v) is 8.11. The summed E-state index contributed by atoms with van der Waals surface area (Å²) in [5.74, 6) is 1.25. The van der Waals surface area contributed by atoms with Crippen LogP contribution < -0.4 is 5.32 Å². The fourth-order valence-electron chi connectivity index (χ4n) is 2.87. The Balaban J connectivity index is 2.14. The van der Waals surface area contributed by atoms with E-state index in [0.717, 1.165) is 13.0 Å². The van der Waals surface area contributed by atoms with E-state index in [-0.39, 0.29) is 16.6 Å². The first-order valence-electron chi connectivity index (χ1n) is 7.13. The summed E-state index contributed by atoms with van der Waals surface area (Å²) in [6.45, 7) is 7.35. The predicted octanol–water partition coefficient (Wildman–Crippen LogP) is 1.79. The van der Waals surface area contributed by atoms with Gasteiger partial charge in [-0.25, -0.2) is 0 Å². The van der Waals surface area contributed by atoms with Crippen molar-refractivity contribution >= 4 is 23.6 Å². The summed E-state index contributed by atoms with van der Waals surface area (Å²) in [6.07, 6.45) is 3.44. The first-order chi connectivity index (χ1) is 8.88. The normalized spacial score (nSPS) is 36.3. The highest BCUT2D eigenvalue weighted by Gasteiger charge is 2.42. The molecule has 0 saturated carbocycles. The maximum absolute atomic E-state index is 12.7. The van der Waals surface area contributed by atoms with E-state index >= 15 is 0 Å². The Kier molecular flexibility index (Phi) is 4.14. The van der Waals surface area contributed by atoms with Crippen molar-refractivity contribution in [2.75, 3.05) is 18.8 Å². The molecule has 0 bridgehead atoms. The molecule has 2 atom stereocenters. The van der Waals surface area contributed by atoms with Gasteiger partial charge in [0.25, 0.3) is 0 Å². The molecule has 2 fully saturated rings. The number of rotatable bonds is 3. The second-order valence-electron chi connectivity index (χ2n) is 6.11. The van der Waals surface area contributed by atoms with Crippen LogP contribution in [0.5, 0.6) is 0 Å². The summed E-state index contributed by atoms with van der Waals surface area (Å²) in [6, 6.07) is 0. The van der Waals surface area contributed by atoms with Gasteiger partial charge >= 0.3 is 0 Å². The second-order valence-corrected chi connectivity index (χ2v) is 7.79. The summed E-state index contributed by atoms with van der Waals surface area (Å²) in [7, 11) is 0. The van der Waals surface area contributed by atoms with Gasteiger partial charge in [-0.05, 0) is 38.9 Å². The smallest absolute Gasteiger partial charge is 0.248 e. The Bertz CT molecular complexity index is 380. The van der Waals surface area contributed by atoms with Gasteiger partial charge in [-0.1, -0.05) is 6.92 Å². The Morgan fingerprint density at radius 3 is 2.68 bits per heavy atom. The SMILES string of the molecule is CCC1(C)NC(=O)CCN(CC2(C)CCCS2)C1=O. The summed E-state index contributed by atoms with van der Waals surface area (Å²) < 4.78 is 0.164. The zero-order chi connectivity index (χ0) is 14.1. The van der Waals surface area contributed by atoms with Crippen LogP contribution in [0.3, 0.4) is 0 Å². The molecule has 0 aromatic carbocycles. The molecule has 2 saturated heterocycles. The zero-order valence-corrected chi connectivity index (χ0v) is 12.9.